The highest BCUT2D eigenvalue weighted by Crippen LogP contribution is 2.59. The summed E-state index contributed by atoms with van der Waals surface area (Å²) in [6.45, 7) is 10.2. The number of hydrogen-bond acceptors (Lipinski definition) is 2. The number of pyridine rings is 1. The Morgan fingerprint density at radius 3 is 2.33 bits per heavy atom. The SMILES string of the molecule is CCCC1(CCC)CC(CNC(C)C)(c2cccnc2)C1. The van der Waals surface area contributed by atoms with Crippen molar-refractivity contribution in [1.82, 2.24) is 10.3 Å². The van der Waals surface area contributed by atoms with E-state index in [-0.39, 0.29) is 0 Å². The summed E-state index contributed by atoms with van der Waals surface area (Å²) in [7, 11) is 0. The molecule has 1 heterocycles. The smallest absolute Gasteiger partial charge is 0.0306 e. The zero-order chi connectivity index (χ0) is 15.3. The Morgan fingerprint density at radius 2 is 1.86 bits per heavy atom. The molecule has 2 nitrogen and oxygen atoms in total. The van der Waals surface area contributed by atoms with Gasteiger partial charge in [-0.15, -0.1) is 0 Å². The standard InChI is InChI=1S/C19H32N2/c1-5-9-18(10-6-2)13-19(14-18,15-21-16(3)4)17-8-7-11-20-12-17/h7-8,11-12,16,21H,5-6,9-10,13-15H2,1-4H3. The van der Waals surface area contributed by atoms with Gasteiger partial charge in [-0.05, 0) is 42.7 Å². The fourth-order valence-corrected chi connectivity index (χ4v) is 4.43. The number of nitrogens with one attached hydrogen (secondary N) is 1. The molecule has 1 aliphatic rings. The molecule has 0 spiro atoms. The zero-order valence-electron chi connectivity index (χ0n) is 14.3. The van der Waals surface area contributed by atoms with Gasteiger partial charge in [-0.3, -0.25) is 4.98 Å². The molecule has 0 radical (unpaired) electrons. The summed E-state index contributed by atoms with van der Waals surface area (Å²) in [5, 5.41) is 3.68. The highest BCUT2D eigenvalue weighted by molar-refractivity contribution is 5.29. The van der Waals surface area contributed by atoms with E-state index >= 15 is 0 Å². The van der Waals surface area contributed by atoms with Crippen LogP contribution < -0.4 is 5.32 Å². The molecule has 0 bridgehead atoms. The first-order chi connectivity index (χ1) is 10.1. The average molecular weight is 288 g/mol. The van der Waals surface area contributed by atoms with Gasteiger partial charge in [0, 0.05) is 30.4 Å². The first-order valence-electron chi connectivity index (χ1n) is 8.70. The van der Waals surface area contributed by atoms with Crippen molar-refractivity contribution in [3.63, 3.8) is 0 Å². The van der Waals surface area contributed by atoms with E-state index < -0.39 is 0 Å². The van der Waals surface area contributed by atoms with Gasteiger partial charge >= 0.3 is 0 Å². The average Bonchev–Trinajstić information content (AvgIpc) is 2.43. The predicted octanol–water partition coefficient (Wildman–Crippen LogP) is 4.70. The van der Waals surface area contributed by atoms with Gasteiger partial charge < -0.3 is 5.32 Å². The van der Waals surface area contributed by atoms with Crippen molar-refractivity contribution in [3.05, 3.63) is 30.1 Å². The number of rotatable bonds is 8. The van der Waals surface area contributed by atoms with Crippen LogP contribution in [-0.4, -0.2) is 17.6 Å². The molecule has 1 aromatic rings. The van der Waals surface area contributed by atoms with Gasteiger partial charge in [0.25, 0.3) is 0 Å². The zero-order valence-corrected chi connectivity index (χ0v) is 14.3. The number of hydrogen-bond donors (Lipinski definition) is 1. The Balaban J connectivity index is 2.17. The molecular weight excluding hydrogens is 256 g/mol. The lowest BCUT2D eigenvalue weighted by Crippen LogP contribution is -2.55. The molecule has 2 heteroatoms. The summed E-state index contributed by atoms with van der Waals surface area (Å²) in [5.74, 6) is 0. The van der Waals surface area contributed by atoms with E-state index in [1.807, 2.05) is 6.20 Å². The third-order valence-electron chi connectivity index (χ3n) is 5.11. The molecule has 1 aliphatic carbocycles. The van der Waals surface area contributed by atoms with Crippen LogP contribution in [0.1, 0.15) is 71.8 Å². The van der Waals surface area contributed by atoms with Gasteiger partial charge in [0.2, 0.25) is 0 Å². The van der Waals surface area contributed by atoms with E-state index in [4.69, 9.17) is 0 Å². The lowest BCUT2D eigenvalue weighted by Gasteiger charge is -2.57. The van der Waals surface area contributed by atoms with Crippen molar-refractivity contribution in [3.8, 4) is 0 Å². The summed E-state index contributed by atoms with van der Waals surface area (Å²) in [5.41, 5.74) is 2.32. The van der Waals surface area contributed by atoms with Gasteiger partial charge in [0.15, 0.2) is 0 Å². The van der Waals surface area contributed by atoms with Crippen LogP contribution >= 0.6 is 0 Å². The van der Waals surface area contributed by atoms with Crippen LogP contribution in [0.25, 0.3) is 0 Å². The van der Waals surface area contributed by atoms with E-state index in [1.54, 1.807) is 0 Å². The van der Waals surface area contributed by atoms with E-state index in [0.717, 1.165) is 6.54 Å². The van der Waals surface area contributed by atoms with Gasteiger partial charge in [-0.25, -0.2) is 0 Å². The minimum absolute atomic E-state index is 0.308. The molecule has 1 aromatic heterocycles. The van der Waals surface area contributed by atoms with Crippen molar-refractivity contribution in [2.75, 3.05) is 6.54 Å². The molecule has 0 amide bonds. The van der Waals surface area contributed by atoms with E-state index in [1.165, 1.54) is 44.1 Å². The quantitative estimate of drug-likeness (QED) is 0.750. The van der Waals surface area contributed by atoms with Crippen LogP contribution in [0.15, 0.2) is 24.5 Å². The summed E-state index contributed by atoms with van der Waals surface area (Å²) in [4.78, 5) is 4.37. The molecule has 21 heavy (non-hydrogen) atoms. The second-order valence-corrected chi connectivity index (χ2v) is 7.41. The fraction of sp³-hybridized carbons (Fsp3) is 0.737. The third-order valence-corrected chi connectivity index (χ3v) is 5.11. The molecule has 0 aliphatic heterocycles. The maximum absolute atomic E-state index is 4.37. The highest BCUT2D eigenvalue weighted by atomic mass is 14.9. The molecule has 118 valence electrons. The molecule has 0 unspecified atom stereocenters. The predicted molar refractivity (Wildman–Crippen MR) is 90.5 cm³/mol. The first kappa shape index (κ1) is 16.5. The summed E-state index contributed by atoms with van der Waals surface area (Å²) < 4.78 is 0. The Hall–Kier alpha value is -0.890. The summed E-state index contributed by atoms with van der Waals surface area (Å²) >= 11 is 0. The van der Waals surface area contributed by atoms with Crippen LogP contribution in [0.3, 0.4) is 0 Å². The Kier molecular flexibility index (Phi) is 5.43. The van der Waals surface area contributed by atoms with Crippen LogP contribution in [0.4, 0.5) is 0 Å². The molecule has 0 atom stereocenters. The monoisotopic (exact) mass is 288 g/mol. The van der Waals surface area contributed by atoms with Gasteiger partial charge in [0.1, 0.15) is 0 Å². The minimum atomic E-state index is 0.308. The number of aromatic nitrogens is 1. The molecular formula is C19H32N2. The molecule has 1 saturated carbocycles. The highest BCUT2D eigenvalue weighted by Gasteiger charge is 2.53. The third kappa shape index (κ3) is 3.66. The van der Waals surface area contributed by atoms with Crippen LogP contribution in [0.2, 0.25) is 0 Å². The largest absolute Gasteiger partial charge is 0.314 e. The van der Waals surface area contributed by atoms with E-state index in [9.17, 15) is 0 Å². The minimum Gasteiger partial charge on any atom is -0.314 e. The molecule has 1 N–H and O–H groups in total. The lowest BCUT2D eigenvalue weighted by atomic mass is 9.48. The van der Waals surface area contributed by atoms with Crippen LogP contribution in [-0.2, 0) is 5.41 Å². The topological polar surface area (TPSA) is 24.9 Å². The van der Waals surface area contributed by atoms with Gasteiger partial charge in [0.05, 0.1) is 0 Å². The maximum atomic E-state index is 4.37. The Labute approximate surface area is 130 Å². The normalized spacial score (nSPS) is 19.5. The van der Waals surface area contributed by atoms with Crippen molar-refractivity contribution in [1.29, 1.82) is 0 Å². The first-order valence-corrected chi connectivity index (χ1v) is 8.70. The number of nitrogens with zero attached hydrogens (tertiary/aromatic N) is 1. The lowest BCUT2D eigenvalue weighted by molar-refractivity contribution is 0.00169. The van der Waals surface area contributed by atoms with Crippen molar-refractivity contribution in [2.45, 2.75) is 77.7 Å². The maximum Gasteiger partial charge on any atom is 0.0306 e. The van der Waals surface area contributed by atoms with Crippen molar-refractivity contribution < 1.29 is 0 Å². The Morgan fingerprint density at radius 1 is 1.19 bits per heavy atom. The van der Waals surface area contributed by atoms with Gasteiger partial charge in [-0.2, -0.15) is 0 Å². The molecule has 0 aromatic carbocycles. The van der Waals surface area contributed by atoms with E-state index in [2.05, 4.69) is 56.3 Å². The second-order valence-electron chi connectivity index (χ2n) is 7.41. The summed E-state index contributed by atoms with van der Waals surface area (Å²) in [6.07, 6.45) is 12.0. The second kappa shape index (κ2) is 6.91. The van der Waals surface area contributed by atoms with E-state index in [0.29, 0.717) is 16.9 Å². The van der Waals surface area contributed by atoms with Crippen molar-refractivity contribution >= 4 is 0 Å². The van der Waals surface area contributed by atoms with Crippen LogP contribution in [0, 0.1) is 5.41 Å². The van der Waals surface area contributed by atoms with Crippen LogP contribution in [0.5, 0.6) is 0 Å². The molecule has 1 fully saturated rings. The molecule has 0 saturated heterocycles. The molecule has 2 rings (SSSR count). The van der Waals surface area contributed by atoms with Gasteiger partial charge in [-0.1, -0.05) is 46.6 Å². The van der Waals surface area contributed by atoms with Crippen molar-refractivity contribution in [2.24, 2.45) is 5.41 Å². The Bertz CT molecular complexity index is 410. The summed E-state index contributed by atoms with van der Waals surface area (Å²) in [6, 6.07) is 4.91. The fourth-order valence-electron chi connectivity index (χ4n) is 4.43.